The molecule has 1 saturated carbocycles. The second-order valence-electron chi connectivity index (χ2n) is 7.45. The van der Waals surface area contributed by atoms with E-state index in [-0.39, 0.29) is 5.91 Å². The third-order valence-electron chi connectivity index (χ3n) is 5.71. The number of carbonyl (C=O) groups excluding carboxylic acids is 1. The van der Waals surface area contributed by atoms with Gasteiger partial charge in [-0.1, -0.05) is 42.4 Å². The largest absolute Gasteiger partial charge is 0.497 e. The lowest BCUT2D eigenvalue weighted by atomic mass is 9.75. The lowest BCUT2D eigenvalue weighted by Gasteiger charge is -2.41. The van der Waals surface area contributed by atoms with E-state index in [2.05, 4.69) is 20.4 Å². The van der Waals surface area contributed by atoms with Crippen LogP contribution in [-0.4, -0.2) is 47.0 Å². The van der Waals surface area contributed by atoms with Crippen LogP contribution < -0.4 is 10.1 Å². The summed E-state index contributed by atoms with van der Waals surface area (Å²) in [6.07, 6.45) is 6.52. The Kier molecular flexibility index (Phi) is 6.36. The highest BCUT2D eigenvalue weighted by molar-refractivity contribution is 8.01. The number of amides is 1. The molecular weight excluding hydrogens is 392 g/mol. The summed E-state index contributed by atoms with van der Waals surface area (Å²) in [7, 11) is 1.65. The zero-order valence-corrected chi connectivity index (χ0v) is 17.7. The van der Waals surface area contributed by atoms with Crippen molar-refractivity contribution in [2.75, 3.05) is 31.3 Å². The molecule has 4 rings (SSSR count). The molecule has 28 heavy (non-hydrogen) atoms. The van der Waals surface area contributed by atoms with Gasteiger partial charge in [0.25, 0.3) is 0 Å². The average molecular weight is 419 g/mol. The van der Waals surface area contributed by atoms with Gasteiger partial charge >= 0.3 is 0 Å². The number of thioether (sulfide) groups is 1. The van der Waals surface area contributed by atoms with Gasteiger partial charge in [-0.15, -0.1) is 10.2 Å². The van der Waals surface area contributed by atoms with Crippen LogP contribution in [0.5, 0.6) is 5.75 Å². The lowest BCUT2D eigenvalue weighted by molar-refractivity contribution is -0.131. The van der Waals surface area contributed by atoms with Gasteiger partial charge in [-0.05, 0) is 48.9 Å². The number of methoxy groups -OCH3 is 1. The normalized spacial score (nSPS) is 21.8. The number of hydrogen-bond acceptors (Lipinski definition) is 7. The number of ether oxygens (including phenoxy) is 1. The summed E-state index contributed by atoms with van der Waals surface area (Å²) in [5, 5.41) is 12.3. The number of anilines is 2. The standard InChI is InChI=1S/C20H26N4O2S2/c1-26-17-8-6-16(7-9-17)21-19-22-23-20(28-19)27-13-18(25)24-11-10-14-4-2-3-5-15(14)12-24/h6-9,14-15H,2-5,10-13H2,1H3,(H,21,22)/t14-,15-/m0/s1. The molecule has 2 aromatic rings. The van der Waals surface area contributed by atoms with Crippen molar-refractivity contribution in [2.24, 2.45) is 11.8 Å². The Labute approximate surface area is 174 Å². The van der Waals surface area contributed by atoms with E-state index >= 15 is 0 Å². The van der Waals surface area contributed by atoms with Gasteiger partial charge in [0.15, 0.2) is 4.34 Å². The van der Waals surface area contributed by atoms with Crippen molar-refractivity contribution in [3.05, 3.63) is 24.3 Å². The van der Waals surface area contributed by atoms with Gasteiger partial charge in [0.05, 0.1) is 12.9 Å². The van der Waals surface area contributed by atoms with E-state index in [9.17, 15) is 4.79 Å². The molecule has 1 amide bonds. The number of benzene rings is 1. The molecule has 2 atom stereocenters. The van der Waals surface area contributed by atoms with Gasteiger partial charge in [0, 0.05) is 18.8 Å². The van der Waals surface area contributed by atoms with Crippen molar-refractivity contribution in [3.8, 4) is 5.75 Å². The maximum Gasteiger partial charge on any atom is 0.233 e. The first-order valence-corrected chi connectivity index (χ1v) is 11.7. The smallest absolute Gasteiger partial charge is 0.233 e. The second kappa shape index (κ2) is 9.13. The Balaban J connectivity index is 1.26. The fourth-order valence-corrected chi connectivity index (χ4v) is 5.83. The first-order valence-electron chi connectivity index (χ1n) is 9.86. The molecule has 0 unspecified atom stereocenters. The molecular formula is C20H26N4O2S2. The number of carbonyl (C=O) groups is 1. The number of likely N-dealkylation sites (tertiary alicyclic amines) is 1. The van der Waals surface area contributed by atoms with Crippen molar-refractivity contribution < 1.29 is 9.53 Å². The van der Waals surface area contributed by atoms with Gasteiger partial charge in [0.1, 0.15) is 5.75 Å². The highest BCUT2D eigenvalue weighted by Crippen LogP contribution is 2.36. The quantitative estimate of drug-likeness (QED) is 0.701. The molecule has 6 nitrogen and oxygen atoms in total. The van der Waals surface area contributed by atoms with Gasteiger partial charge in [0.2, 0.25) is 11.0 Å². The van der Waals surface area contributed by atoms with Crippen molar-refractivity contribution >= 4 is 39.8 Å². The molecule has 2 aliphatic rings. The second-order valence-corrected chi connectivity index (χ2v) is 9.65. The van der Waals surface area contributed by atoms with Gasteiger partial charge in [-0.2, -0.15) is 0 Å². The molecule has 0 bridgehead atoms. The summed E-state index contributed by atoms with van der Waals surface area (Å²) in [6.45, 7) is 1.87. The molecule has 0 radical (unpaired) electrons. The van der Waals surface area contributed by atoms with Crippen LogP contribution in [0.3, 0.4) is 0 Å². The fraction of sp³-hybridized carbons (Fsp3) is 0.550. The third kappa shape index (κ3) is 4.78. The van der Waals surface area contributed by atoms with Crippen LogP contribution in [0.15, 0.2) is 28.6 Å². The molecule has 1 aromatic heterocycles. The predicted octanol–water partition coefficient (Wildman–Crippen LogP) is 4.42. The van der Waals surface area contributed by atoms with Crippen LogP contribution >= 0.6 is 23.1 Å². The number of piperidine rings is 1. The van der Waals surface area contributed by atoms with Gasteiger partial charge in [-0.25, -0.2) is 0 Å². The Morgan fingerprint density at radius 2 is 2.00 bits per heavy atom. The van der Waals surface area contributed by atoms with Crippen LogP contribution in [-0.2, 0) is 4.79 Å². The summed E-state index contributed by atoms with van der Waals surface area (Å²) in [5.41, 5.74) is 0.930. The van der Waals surface area contributed by atoms with Crippen molar-refractivity contribution in [2.45, 2.75) is 36.4 Å². The molecule has 1 N–H and O–H groups in total. The van der Waals surface area contributed by atoms with E-state index in [4.69, 9.17) is 4.74 Å². The minimum absolute atomic E-state index is 0.230. The Hall–Kier alpha value is -1.80. The maximum atomic E-state index is 12.6. The predicted molar refractivity (Wildman–Crippen MR) is 114 cm³/mol. The topological polar surface area (TPSA) is 67.3 Å². The third-order valence-corrected chi connectivity index (χ3v) is 7.67. The fourth-order valence-electron chi connectivity index (χ4n) is 4.16. The number of nitrogens with zero attached hydrogens (tertiary/aromatic N) is 3. The highest BCUT2D eigenvalue weighted by atomic mass is 32.2. The Bertz CT molecular complexity index is 796. The number of rotatable bonds is 6. The van der Waals surface area contributed by atoms with Gasteiger partial charge < -0.3 is 15.0 Å². The molecule has 1 aliphatic heterocycles. The summed E-state index contributed by atoms with van der Waals surface area (Å²) < 4.78 is 5.98. The van der Waals surface area contributed by atoms with E-state index in [1.807, 2.05) is 24.3 Å². The van der Waals surface area contributed by atoms with E-state index in [1.54, 1.807) is 7.11 Å². The first-order chi connectivity index (χ1) is 13.7. The maximum absolute atomic E-state index is 12.6. The molecule has 0 spiro atoms. The molecule has 1 saturated heterocycles. The summed E-state index contributed by atoms with van der Waals surface area (Å²) in [4.78, 5) is 14.7. The van der Waals surface area contributed by atoms with Crippen molar-refractivity contribution in [3.63, 3.8) is 0 Å². The summed E-state index contributed by atoms with van der Waals surface area (Å²) >= 11 is 2.95. The van der Waals surface area contributed by atoms with Gasteiger partial charge in [-0.3, -0.25) is 4.79 Å². The van der Waals surface area contributed by atoms with E-state index in [0.717, 1.165) is 45.8 Å². The molecule has 150 valence electrons. The van der Waals surface area contributed by atoms with Crippen LogP contribution in [0.4, 0.5) is 10.8 Å². The van der Waals surface area contributed by atoms with Crippen LogP contribution in [0.1, 0.15) is 32.1 Å². The zero-order valence-electron chi connectivity index (χ0n) is 16.1. The number of aromatic nitrogens is 2. The minimum atomic E-state index is 0.230. The number of hydrogen-bond donors (Lipinski definition) is 1. The molecule has 8 heteroatoms. The highest BCUT2D eigenvalue weighted by Gasteiger charge is 2.32. The van der Waals surface area contributed by atoms with Crippen molar-refractivity contribution in [1.82, 2.24) is 15.1 Å². The van der Waals surface area contributed by atoms with Crippen LogP contribution in [0.2, 0.25) is 0 Å². The van der Waals surface area contributed by atoms with Crippen LogP contribution in [0, 0.1) is 11.8 Å². The minimum Gasteiger partial charge on any atom is -0.497 e. The molecule has 2 heterocycles. The number of fused-ring (bicyclic) bond motifs is 1. The van der Waals surface area contributed by atoms with E-state index in [1.165, 1.54) is 55.2 Å². The Morgan fingerprint density at radius 3 is 2.79 bits per heavy atom. The van der Waals surface area contributed by atoms with Crippen molar-refractivity contribution in [1.29, 1.82) is 0 Å². The monoisotopic (exact) mass is 418 g/mol. The summed E-state index contributed by atoms with van der Waals surface area (Å²) in [5.74, 6) is 3.05. The SMILES string of the molecule is COc1ccc(Nc2nnc(SCC(=O)N3CC[C@@H]4CCCC[C@H]4C3)s2)cc1. The van der Waals surface area contributed by atoms with Crippen LogP contribution in [0.25, 0.3) is 0 Å². The first kappa shape index (κ1) is 19.5. The lowest BCUT2D eigenvalue weighted by Crippen LogP contribution is -2.45. The average Bonchev–Trinajstić information content (AvgIpc) is 3.19. The summed E-state index contributed by atoms with van der Waals surface area (Å²) in [6, 6.07) is 7.66. The number of nitrogens with one attached hydrogen (secondary N) is 1. The Morgan fingerprint density at radius 1 is 1.21 bits per heavy atom. The zero-order chi connectivity index (χ0) is 19.3. The molecule has 1 aromatic carbocycles. The molecule has 2 fully saturated rings. The van der Waals surface area contributed by atoms with E-state index < -0.39 is 0 Å². The molecule has 1 aliphatic carbocycles. The van der Waals surface area contributed by atoms with E-state index in [0.29, 0.717) is 5.75 Å².